The SMILES string of the molecule is COC(OC)c1csc(-c2ccccc2)n1. The van der Waals surface area contributed by atoms with Gasteiger partial charge in [0.25, 0.3) is 0 Å². The van der Waals surface area contributed by atoms with Crippen molar-refractivity contribution >= 4 is 11.3 Å². The standard InChI is InChI=1S/C12H13NO2S/c1-14-12(15-2)10-8-16-11(13-10)9-6-4-3-5-7-9/h3-8,12H,1-2H3. The Morgan fingerprint density at radius 3 is 2.44 bits per heavy atom. The van der Waals surface area contributed by atoms with E-state index in [1.165, 1.54) is 0 Å². The van der Waals surface area contributed by atoms with Crippen LogP contribution in [0.15, 0.2) is 35.7 Å². The molecular formula is C12H13NO2S. The van der Waals surface area contributed by atoms with Crippen molar-refractivity contribution in [2.75, 3.05) is 14.2 Å². The number of benzene rings is 1. The second kappa shape index (κ2) is 5.21. The van der Waals surface area contributed by atoms with E-state index in [1.54, 1.807) is 25.6 Å². The van der Waals surface area contributed by atoms with Gasteiger partial charge in [0.15, 0.2) is 0 Å². The maximum atomic E-state index is 5.16. The molecule has 0 aliphatic rings. The van der Waals surface area contributed by atoms with Crippen molar-refractivity contribution in [1.82, 2.24) is 4.98 Å². The minimum atomic E-state index is -0.381. The van der Waals surface area contributed by atoms with Crippen LogP contribution in [0.2, 0.25) is 0 Å². The van der Waals surface area contributed by atoms with Gasteiger partial charge in [0.1, 0.15) is 10.7 Å². The maximum absolute atomic E-state index is 5.16. The molecule has 1 heterocycles. The largest absolute Gasteiger partial charge is 0.350 e. The summed E-state index contributed by atoms with van der Waals surface area (Å²) in [5.74, 6) is 0. The number of ether oxygens (including phenoxy) is 2. The quantitative estimate of drug-likeness (QED) is 0.763. The summed E-state index contributed by atoms with van der Waals surface area (Å²) in [5.41, 5.74) is 1.93. The predicted molar refractivity (Wildman–Crippen MR) is 64.3 cm³/mol. The van der Waals surface area contributed by atoms with Gasteiger partial charge in [0.05, 0.1) is 0 Å². The Kier molecular flexibility index (Phi) is 3.66. The Morgan fingerprint density at radius 1 is 1.12 bits per heavy atom. The molecule has 0 saturated carbocycles. The summed E-state index contributed by atoms with van der Waals surface area (Å²) in [6, 6.07) is 10.1. The molecule has 2 aromatic rings. The highest BCUT2D eigenvalue weighted by molar-refractivity contribution is 7.13. The normalized spacial score (nSPS) is 10.9. The molecule has 2 rings (SSSR count). The fraction of sp³-hybridized carbons (Fsp3) is 0.250. The second-order valence-electron chi connectivity index (χ2n) is 3.25. The van der Waals surface area contributed by atoms with Crippen LogP contribution in [0.3, 0.4) is 0 Å². The molecule has 0 atom stereocenters. The van der Waals surface area contributed by atoms with Crippen molar-refractivity contribution in [3.63, 3.8) is 0 Å². The van der Waals surface area contributed by atoms with Gasteiger partial charge in [-0.15, -0.1) is 11.3 Å². The molecule has 0 aliphatic carbocycles. The Balaban J connectivity index is 2.26. The Labute approximate surface area is 98.7 Å². The van der Waals surface area contributed by atoms with E-state index in [-0.39, 0.29) is 6.29 Å². The fourth-order valence-corrected chi connectivity index (χ4v) is 2.27. The van der Waals surface area contributed by atoms with Gasteiger partial charge in [-0.2, -0.15) is 0 Å². The summed E-state index contributed by atoms with van der Waals surface area (Å²) in [5, 5.41) is 2.94. The van der Waals surface area contributed by atoms with Crippen LogP contribution in [-0.4, -0.2) is 19.2 Å². The Hall–Kier alpha value is -1.23. The zero-order valence-corrected chi connectivity index (χ0v) is 10.0. The first kappa shape index (κ1) is 11.3. The average molecular weight is 235 g/mol. The van der Waals surface area contributed by atoms with Crippen LogP contribution in [0.25, 0.3) is 10.6 Å². The monoisotopic (exact) mass is 235 g/mol. The zero-order valence-electron chi connectivity index (χ0n) is 9.21. The van der Waals surface area contributed by atoms with Crippen LogP contribution in [0.1, 0.15) is 12.0 Å². The molecule has 0 amide bonds. The summed E-state index contributed by atoms with van der Waals surface area (Å²) in [6.07, 6.45) is -0.381. The van der Waals surface area contributed by atoms with Crippen LogP contribution in [0.5, 0.6) is 0 Å². The number of aromatic nitrogens is 1. The lowest BCUT2D eigenvalue weighted by Gasteiger charge is -2.09. The first-order valence-electron chi connectivity index (χ1n) is 4.91. The summed E-state index contributed by atoms with van der Waals surface area (Å²) in [6.45, 7) is 0. The highest BCUT2D eigenvalue weighted by Crippen LogP contribution is 2.27. The van der Waals surface area contributed by atoms with Gasteiger partial charge >= 0.3 is 0 Å². The smallest absolute Gasteiger partial charge is 0.201 e. The van der Waals surface area contributed by atoms with Crippen molar-refractivity contribution in [2.45, 2.75) is 6.29 Å². The van der Waals surface area contributed by atoms with E-state index in [2.05, 4.69) is 4.98 Å². The Morgan fingerprint density at radius 2 is 1.81 bits per heavy atom. The lowest BCUT2D eigenvalue weighted by molar-refractivity contribution is -0.108. The van der Waals surface area contributed by atoms with Gasteiger partial charge in [-0.25, -0.2) is 4.98 Å². The van der Waals surface area contributed by atoms with E-state index in [0.717, 1.165) is 16.3 Å². The van der Waals surface area contributed by atoms with Crippen LogP contribution in [-0.2, 0) is 9.47 Å². The van der Waals surface area contributed by atoms with Gasteiger partial charge < -0.3 is 9.47 Å². The van der Waals surface area contributed by atoms with Crippen LogP contribution < -0.4 is 0 Å². The lowest BCUT2D eigenvalue weighted by atomic mass is 10.2. The van der Waals surface area contributed by atoms with E-state index in [0.29, 0.717) is 0 Å². The second-order valence-corrected chi connectivity index (χ2v) is 4.10. The van der Waals surface area contributed by atoms with E-state index >= 15 is 0 Å². The molecule has 1 aromatic carbocycles. The van der Waals surface area contributed by atoms with Crippen molar-refractivity contribution in [2.24, 2.45) is 0 Å². The molecule has 3 nitrogen and oxygen atoms in total. The summed E-state index contributed by atoms with van der Waals surface area (Å²) < 4.78 is 10.3. The highest BCUT2D eigenvalue weighted by atomic mass is 32.1. The number of hydrogen-bond acceptors (Lipinski definition) is 4. The van der Waals surface area contributed by atoms with Crippen molar-refractivity contribution in [1.29, 1.82) is 0 Å². The maximum Gasteiger partial charge on any atom is 0.201 e. The van der Waals surface area contributed by atoms with Crippen molar-refractivity contribution in [3.8, 4) is 10.6 Å². The molecule has 0 spiro atoms. The minimum absolute atomic E-state index is 0.381. The molecule has 16 heavy (non-hydrogen) atoms. The third-order valence-electron chi connectivity index (χ3n) is 2.21. The summed E-state index contributed by atoms with van der Waals surface area (Å²) in [7, 11) is 3.21. The number of rotatable bonds is 4. The molecule has 84 valence electrons. The average Bonchev–Trinajstić information content (AvgIpc) is 2.81. The first-order chi connectivity index (χ1) is 7.85. The van der Waals surface area contributed by atoms with Gasteiger partial charge in [0, 0.05) is 25.2 Å². The number of methoxy groups -OCH3 is 2. The van der Waals surface area contributed by atoms with Crippen LogP contribution in [0, 0.1) is 0 Å². The number of hydrogen-bond donors (Lipinski definition) is 0. The summed E-state index contributed by atoms with van der Waals surface area (Å²) in [4.78, 5) is 4.49. The fourth-order valence-electron chi connectivity index (χ4n) is 1.45. The zero-order chi connectivity index (χ0) is 11.4. The van der Waals surface area contributed by atoms with E-state index in [4.69, 9.17) is 9.47 Å². The molecule has 1 aromatic heterocycles. The van der Waals surface area contributed by atoms with E-state index in [9.17, 15) is 0 Å². The number of nitrogens with zero attached hydrogens (tertiary/aromatic N) is 1. The molecule has 0 N–H and O–H groups in total. The molecule has 0 bridgehead atoms. The minimum Gasteiger partial charge on any atom is -0.350 e. The Bertz CT molecular complexity index is 437. The van der Waals surface area contributed by atoms with Gasteiger partial charge in [-0.3, -0.25) is 0 Å². The first-order valence-corrected chi connectivity index (χ1v) is 5.79. The van der Waals surface area contributed by atoms with Crippen molar-refractivity contribution < 1.29 is 9.47 Å². The predicted octanol–water partition coefficient (Wildman–Crippen LogP) is 3.10. The molecule has 0 saturated heterocycles. The van der Waals surface area contributed by atoms with Gasteiger partial charge in [-0.1, -0.05) is 30.3 Å². The molecule has 0 aliphatic heterocycles. The van der Waals surface area contributed by atoms with E-state index in [1.807, 2.05) is 35.7 Å². The van der Waals surface area contributed by atoms with Crippen LogP contribution in [0.4, 0.5) is 0 Å². The molecule has 4 heteroatoms. The third kappa shape index (κ3) is 2.29. The molecule has 0 unspecified atom stereocenters. The molecule has 0 fully saturated rings. The molecule has 0 radical (unpaired) electrons. The number of thiazole rings is 1. The highest BCUT2D eigenvalue weighted by Gasteiger charge is 2.13. The van der Waals surface area contributed by atoms with E-state index < -0.39 is 0 Å². The van der Waals surface area contributed by atoms with Gasteiger partial charge in [0.2, 0.25) is 6.29 Å². The summed E-state index contributed by atoms with van der Waals surface area (Å²) >= 11 is 1.59. The molecular weight excluding hydrogens is 222 g/mol. The van der Waals surface area contributed by atoms with Gasteiger partial charge in [-0.05, 0) is 0 Å². The topological polar surface area (TPSA) is 31.4 Å². The third-order valence-corrected chi connectivity index (χ3v) is 3.12. The lowest BCUT2D eigenvalue weighted by Crippen LogP contribution is -2.03. The van der Waals surface area contributed by atoms with Crippen LogP contribution >= 0.6 is 11.3 Å². The van der Waals surface area contributed by atoms with Crippen molar-refractivity contribution in [3.05, 3.63) is 41.4 Å².